The molecule has 1 N–H and O–H groups in total. The third-order valence-corrected chi connectivity index (χ3v) is 4.37. The summed E-state index contributed by atoms with van der Waals surface area (Å²) in [7, 11) is 0. The molecule has 1 aliphatic rings. The highest BCUT2D eigenvalue weighted by Gasteiger charge is 2.13. The van der Waals surface area contributed by atoms with E-state index >= 15 is 0 Å². The Morgan fingerprint density at radius 1 is 1.47 bits per heavy atom. The molecule has 0 unspecified atom stereocenters. The zero-order valence-electron chi connectivity index (χ0n) is 10.7. The molecule has 17 heavy (non-hydrogen) atoms. The van der Waals surface area contributed by atoms with Gasteiger partial charge >= 0.3 is 0 Å². The summed E-state index contributed by atoms with van der Waals surface area (Å²) in [4.78, 5) is 0. The summed E-state index contributed by atoms with van der Waals surface area (Å²) in [5.74, 6) is 3.58. The van der Waals surface area contributed by atoms with E-state index in [0.29, 0.717) is 0 Å². The van der Waals surface area contributed by atoms with Gasteiger partial charge in [-0.3, -0.25) is 4.68 Å². The zero-order valence-corrected chi connectivity index (χ0v) is 11.5. The molecule has 3 nitrogen and oxygen atoms in total. The van der Waals surface area contributed by atoms with Crippen molar-refractivity contribution < 1.29 is 0 Å². The van der Waals surface area contributed by atoms with E-state index in [1.807, 2.05) is 6.20 Å². The van der Waals surface area contributed by atoms with Gasteiger partial charge in [-0.05, 0) is 49.3 Å². The van der Waals surface area contributed by atoms with Crippen LogP contribution in [0.15, 0.2) is 12.3 Å². The predicted octanol–water partition coefficient (Wildman–Crippen LogP) is 2.53. The Morgan fingerprint density at radius 2 is 2.29 bits per heavy atom. The van der Waals surface area contributed by atoms with Crippen molar-refractivity contribution in [2.24, 2.45) is 5.92 Å². The third kappa shape index (κ3) is 4.03. The molecule has 96 valence electrons. The molecule has 2 rings (SSSR count). The summed E-state index contributed by atoms with van der Waals surface area (Å²) in [5.41, 5.74) is 1.32. The summed E-state index contributed by atoms with van der Waals surface area (Å²) in [6, 6.07) is 2.12. The van der Waals surface area contributed by atoms with Gasteiger partial charge in [0.05, 0.1) is 5.69 Å². The molecule has 1 fully saturated rings. The standard InChI is InChI=1S/C13H23N3S/c1-2-7-16-13(3-6-15-16)11-14-10-12-4-8-17-9-5-12/h3,6,12,14H,2,4-5,7-11H2,1H3. The van der Waals surface area contributed by atoms with Crippen LogP contribution in [-0.2, 0) is 13.1 Å². The molecule has 1 aromatic rings. The Hall–Kier alpha value is -0.480. The average Bonchev–Trinajstić information content (AvgIpc) is 2.79. The normalized spacial score (nSPS) is 17.5. The van der Waals surface area contributed by atoms with Crippen LogP contribution < -0.4 is 5.32 Å². The predicted molar refractivity (Wildman–Crippen MR) is 74.3 cm³/mol. The highest BCUT2D eigenvalue weighted by molar-refractivity contribution is 7.99. The molecular weight excluding hydrogens is 230 g/mol. The van der Waals surface area contributed by atoms with Gasteiger partial charge in [-0.25, -0.2) is 0 Å². The fourth-order valence-electron chi connectivity index (χ4n) is 2.28. The second-order valence-electron chi connectivity index (χ2n) is 4.73. The molecule has 1 aromatic heterocycles. The minimum atomic E-state index is 0.888. The Kier molecular flexibility index (Phi) is 5.39. The fourth-order valence-corrected chi connectivity index (χ4v) is 3.48. The summed E-state index contributed by atoms with van der Waals surface area (Å²) in [6.45, 7) is 5.35. The molecule has 0 aliphatic carbocycles. The minimum Gasteiger partial charge on any atom is -0.311 e. The first-order valence-electron chi connectivity index (χ1n) is 6.69. The second-order valence-corrected chi connectivity index (χ2v) is 5.96. The molecule has 2 heterocycles. The maximum absolute atomic E-state index is 4.34. The van der Waals surface area contributed by atoms with Crippen molar-refractivity contribution in [1.29, 1.82) is 0 Å². The van der Waals surface area contributed by atoms with E-state index in [1.165, 1.54) is 30.0 Å². The first-order chi connectivity index (χ1) is 8.40. The van der Waals surface area contributed by atoms with Crippen molar-refractivity contribution in [1.82, 2.24) is 15.1 Å². The van der Waals surface area contributed by atoms with Crippen molar-refractivity contribution >= 4 is 11.8 Å². The smallest absolute Gasteiger partial charge is 0.0522 e. The molecule has 0 spiro atoms. The van der Waals surface area contributed by atoms with E-state index in [-0.39, 0.29) is 0 Å². The van der Waals surface area contributed by atoms with Crippen LogP contribution in [0, 0.1) is 5.92 Å². The Morgan fingerprint density at radius 3 is 3.06 bits per heavy atom. The number of aryl methyl sites for hydroxylation is 1. The van der Waals surface area contributed by atoms with Crippen LogP contribution in [-0.4, -0.2) is 27.8 Å². The van der Waals surface area contributed by atoms with Gasteiger partial charge in [-0.15, -0.1) is 0 Å². The zero-order chi connectivity index (χ0) is 11.9. The Balaban J connectivity index is 1.71. The van der Waals surface area contributed by atoms with Crippen LogP contribution in [0.1, 0.15) is 31.9 Å². The van der Waals surface area contributed by atoms with E-state index in [1.54, 1.807) is 0 Å². The van der Waals surface area contributed by atoms with Crippen molar-refractivity contribution in [3.05, 3.63) is 18.0 Å². The number of thioether (sulfide) groups is 1. The Labute approximate surface area is 108 Å². The molecule has 0 radical (unpaired) electrons. The third-order valence-electron chi connectivity index (χ3n) is 3.32. The van der Waals surface area contributed by atoms with Crippen molar-refractivity contribution in [2.75, 3.05) is 18.1 Å². The number of nitrogens with zero attached hydrogens (tertiary/aromatic N) is 2. The highest BCUT2D eigenvalue weighted by atomic mass is 32.2. The molecule has 0 amide bonds. The lowest BCUT2D eigenvalue weighted by atomic mass is 10.0. The van der Waals surface area contributed by atoms with Crippen LogP contribution in [0.4, 0.5) is 0 Å². The van der Waals surface area contributed by atoms with Gasteiger partial charge in [0, 0.05) is 19.3 Å². The summed E-state index contributed by atoms with van der Waals surface area (Å²) < 4.78 is 2.11. The molecule has 0 bridgehead atoms. The van der Waals surface area contributed by atoms with Gasteiger partial charge in [0.2, 0.25) is 0 Å². The molecule has 4 heteroatoms. The van der Waals surface area contributed by atoms with Gasteiger partial charge in [-0.2, -0.15) is 16.9 Å². The van der Waals surface area contributed by atoms with E-state index in [0.717, 1.165) is 32.0 Å². The van der Waals surface area contributed by atoms with Crippen LogP contribution in [0.3, 0.4) is 0 Å². The topological polar surface area (TPSA) is 29.9 Å². The molecule has 0 atom stereocenters. The minimum absolute atomic E-state index is 0.888. The molecule has 0 aromatic carbocycles. The number of hydrogen-bond acceptors (Lipinski definition) is 3. The van der Waals surface area contributed by atoms with Gasteiger partial charge in [0.15, 0.2) is 0 Å². The number of nitrogens with one attached hydrogen (secondary N) is 1. The first-order valence-corrected chi connectivity index (χ1v) is 7.84. The van der Waals surface area contributed by atoms with Crippen LogP contribution in [0.2, 0.25) is 0 Å². The van der Waals surface area contributed by atoms with E-state index in [4.69, 9.17) is 0 Å². The lowest BCUT2D eigenvalue weighted by molar-refractivity contribution is 0.439. The fraction of sp³-hybridized carbons (Fsp3) is 0.769. The average molecular weight is 253 g/mol. The quantitative estimate of drug-likeness (QED) is 0.845. The van der Waals surface area contributed by atoms with Crippen molar-refractivity contribution in [3.8, 4) is 0 Å². The molecular formula is C13H23N3S. The largest absolute Gasteiger partial charge is 0.311 e. The van der Waals surface area contributed by atoms with E-state index in [2.05, 4.69) is 39.8 Å². The number of hydrogen-bond donors (Lipinski definition) is 1. The van der Waals surface area contributed by atoms with Crippen molar-refractivity contribution in [3.63, 3.8) is 0 Å². The lowest BCUT2D eigenvalue weighted by Gasteiger charge is -2.21. The Bertz CT molecular complexity index is 318. The SMILES string of the molecule is CCCn1nccc1CNCC1CCSCC1. The summed E-state index contributed by atoms with van der Waals surface area (Å²) in [6.07, 6.45) is 5.82. The van der Waals surface area contributed by atoms with Gasteiger partial charge < -0.3 is 5.32 Å². The molecule has 0 saturated carbocycles. The highest BCUT2D eigenvalue weighted by Crippen LogP contribution is 2.21. The number of rotatable bonds is 6. The summed E-state index contributed by atoms with van der Waals surface area (Å²) in [5, 5.41) is 7.93. The first kappa shape index (κ1) is 13.0. The maximum atomic E-state index is 4.34. The van der Waals surface area contributed by atoms with Crippen molar-refractivity contribution in [2.45, 2.75) is 39.3 Å². The van der Waals surface area contributed by atoms with Gasteiger partial charge in [0.25, 0.3) is 0 Å². The maximum Gasteiger partial charge on any atom is 0.0522 e. The van der Waals surface area contributed by atoms with E-state index < -0.39 is 0 Å². The van der Waals surface area contributed by atoms with E-state index in [9.17, 15) is 0 Å². The van der Waals surface area contributed by atoms with Crippen LogP contribution in [0.25, 0.3) is 0 Å². The molecule has 1 aliphatic heterocycles. The number of aromatic nitrogens is 2. The molecule has 1 saturated heterocycles. The second kappa shape index (κ2) is 7.07. The monoisotopic (exact) mass is 253 g/mol. The van der Waals surface area contributed by atoms with Crippen LogP contribution >= 0.6 is 11.8 Å². The van der Waals surface area contributed by atoms with Gasteiger partial charge in [-0.1, -0.05) is 6.92 Å². The van der Waals surface area contributed by atoms with Gasteiger partial charge in [0.1, 0.15) is 0 Å². The lowest BCUT2D eigenvalue weighted by Crippen LogP contribution is -2.26. The van der Waals surface area contributed by atoms with Crippen LogP contribution in [0.5, 0.6) is 0 Å². The summed E-state index contributed by atoms with van der Waals surface area (Å²) >= 11 is 2.10.